The maximum absolute atomic E-state index is 12.7. The number of nitrogens with zero attached hydrogens (tertiary/aromatic N) is 3. The topological polar surface area (TPSA) is 67.4 Å². The molecule has 25 heavy (non-hydrogen) atoms. The van der Waals surface area contributed by atoms with Gasteiger partial charge < -0.3 is 15.0 Å². The minimum absolute atomic E-state index is 0.0905. The van der Waals surface area contributed by atoms with Crippen LogP contribution in [0.2, 0.25) is 5.02 Å². The van der Waals surface area contributed by atoms with Crippen molar-refractivity contribution in [2.24, 2.45) is 0 Å². The van der Waals surface area contributed by atoms with Gasteiger partial charge in [0.15, 0.2) is 0 Å². The Kier molecular flexibility index (Phi) is 7.01. The van der Waals surface area contributed by atoms with Crippen molar-refractivity contribution in [3.63, 3.8) is 0 Å². The molecule has 1 amide bonds. The van der Waals surface area contributed by atoms with Gasteiger partial charge in [0, 0.05) is 24.2 Å². The molecule has 1 aromatic heterocycles. The second-order valence-electron chi connectivity index (χ2n) is 5.55. The van der Waals surface area contributed by atoms with Crippen molar-refractivity contribution >= 4 is 29.0 Å². The second-order valence-corrected chi connectivity index (χ2v) is 5.99. The van der Waals surface area contributed by atoms with E-state index in [-0.39, 0.29) is 5.91 Å². The number of amides is 1. The first kappa shape index (κ1) is 19.0. The van der Waals surface area contributed by atoms with Gasteiger partial charge in [0.2, 0.25) is 0 Å². The molecule has 0 aliphatic rings. The normalized spacial score (nSPS) is 10.4. The van der Waals surface area contributed by atoms with Gasteiger partial charge in [-0.25, -0.2) is 9.97 Å². The molecular formula is C18H23ClN4O2. The van der Waals surface area contributed by atoms with Crippen LogP contribution >= 0.6 is 11.6 Å². The van der Waals surface area contributed by atoms with Crippen molar-refractivity contribution in [2.75, 3.05) is 25.5 Å². The zero-order valence-electron chi connectivity index (χ0n) is 14.8. The molecule has 2 rings (SSSR count). The van der Waals surface area contributed by atoms with Gasteiger partial charge in [-0.15, -0.1) is 0 Å². The highest BCUT2D eigenvalue weighted by molar-refractivity contribution is 6.31. The van der Waals surface area contributed by atoms with Crippen LogP contribution in [0.1, 0.15) is 37.2 Å². The average Bonchev–Trinajstić information content (AvgIpc) is 2.61. The summed E-state index contributed by atoms with van der Waals surface area (Å²) < 4.78 is 5.31. The molecule has 0 saturated heterocycles. The van der Waals surface area contributed by atoms with Crippen LogP contribution < -0.4 is 10.1 Å². The van der Waals surface area contributed by atoms with Crippen molar-refractivity contribution < 1.29 is 9.53 Å². The molecule has 0 bridgehead atoms. The van der Waals surface area contributed by atoms with Gasteiger partial charge >= 0.3 is 0 Å². The number of hydrogen-bond donors (Lipinski definition) is 1. The van der Waals surface area contributed by atoms with Crippen LogP contribution in [0.15, 0.2) is 30.6 Å². The van der Waals surface area contributed by atoms with Crippen molar-refractivity contribution in [1.82, 2.24) is 14.9 Å². The standard InChI is InChI=1S/C18H23ClN4O2/c1-4-8-23(9-5-2)18(24)15-11-17(21-12-20-15)22-14-10-13(19)6-7-16(14)25-3/h6-7,10-12H,4-5,8-9H2,1-3H3,(H,20,21,22). The molecule has 1 N–H and O–H groups in total. The number of anilines is 2. The van der Waals surface area contributed by atoms with Gasteiger partial charge in [0.1, 0.15) is 23.6 Å². The Morgan fingerprint density at radius 2 is 1.92 bits per heavy atom. The fourth-order valence-electron chi connectivity index (χ4n) is 2.48. The lowest BCUT2D eigenvalue weighted by molar-refractivity contribution is 0.0749. The number of methoxy groups -OCH3 is 1. The van der Waals surface area contributed by atoms with Crippen molar-refractivity contribution in [1.29, 1.82) is 0 Å². The predicted molar refractivity (Wildman–Crippen MR) is 99.8 cm³/mol. The zero-order valence-corrected chi connectivity index (χ0v) is 15.5. The zero-order chi connectivity index (χ0) is 18.2. The average molecular weight is 363 g/mol. The number of hydrogen-bond acceptors (Lipinski definition) is 5. The number of carbonyl (C=O) groups is 1. The van der Waals surface area contributed by atoms with Crippen molar-refractivity contribution in [3.05, 3.63) is 41.3 Å². The molecule has 0 saturated carbocycles. The molecule has 0 spiro atoms. The maximum Gasteiger partial charge on any atom is 0.272 e. The summed E-state index contributed by atoms with van der Waals surface area (Å²) in [6.07, 6.45) is 3.19. The third-order valence-corrected chi connectivity index (χ3v) is 3.82. The highest BCUT2D eigenvalue weighted by atomic mass is 35.5. The number of nitrogens with one attached hydrogen (secondary N) is 1. The van der Waals surface area contributed by atoms with E-state index in [4.69, 9.17) is 16.3 Å². The quantitative estimate of drug-likeness (QED) is 0.764. The van der Waals surface area contributed by atoms with Gasteiger partial charge in [-0.2, -0.15) is 0 Å². The Hall–Kier alpha value is -2.34. The van der Waals surface area contributed by atoms with Crippen molar-refractivity contribution in [2.45, 2.75) is 26.7 Å². The summed E-state index contributed by atoms with van der Waals surface area (Å²) in [5, 5.41) is 3.71. The Balaban J connectivity index is 2.24. The third-order valence-electron chi connectivity index (χ3n) is 3.58. The first-order valence-corrected chi connectivity index (χ1v) is 8.68. The smallest absolute Gasteiger partial charge is 0.272 e. The third kappa shape index (κ3) is 5.06. The number of aromatic nitrogens is 2. The Morgan fingerprint density at radius 1 is 1.20 bits per heavy atom. The number of carbonyl (C=O) groups excluding carboxylic acids is 1. The lowest BCUT2D eigenvalue weighted by atomic mass is 10.2. The summed E-state index contributed by atoms with van der Waals surface area (Å²) in [5.41, 5.74) is 1.03. The summed E-state index contributed by atoms with van der Waals surface area (Å²) >= 11 is 6.04. The number of benzene rings is 1. The van der Waals surface area contributed by atoms with E-state index in [9.17, 15) is 4.79 Å². The van der Waals surface area contributed by atoms with Crippen molar-refractivity contribution in [3.8, 4) is 5.75 Å². The molecule has 0 aliphatic heterocycles. The van der Waals surface area contributed by atoms with Gasteiger partial charge in [-0.3, -0.25) is 4.79 Å². The lowest BCUT2D eigenvalue weighted by Gasteiger charge is -2.21. The molecular weight excluding hydrogens is 340 g/mol. The molecule has 0 radical (unpaired) electrons. The first-order chi connectivity index (χ1) is 12.1. The Morgan fingerprint density at radius 3 is 2.56 bits per heavy atom. The summed E-state index contributed by atoms with van der Waals surface area (Å²) in [4.78, 5) is 22.8. The summed E-state index contributed by atoms with van der Waals surface area (Å²) in [7, 11) is 1.58. The molecule has 1 aromatic carbocycles. The Bertz CT molecular complexity index is 718. The second kappa shape index (κ2) is 9.22. The number of ether oxygens (including phenoxy) is 1. The van der Waals surface area contributed by atoms with Gasteiger partial charge in [-0.1, -0.05) is 25.4 Å². The fraction of sp³-hybridized carbons (Fsp3) is 0.389. The molecule has 6 nitrogen and oxygen atoms in total. The van der Waals surface area contributed by atoms with Gasteiger partial charge in [0.25, 0.3) is 5.91 Å². The minimum atomic E-state index is -0.0905. The predicted octanol–water partition coefficient (Wildman–Crippen LogP) is 4.14. The first-order valence-electron chi connectivity index (χ1n) is 8.30. The highest BCUT2D eigenvalue weighted by Crippen LogP contribution is 2.29. The summed E-state index contributed by atoms with van der Waals surface area (Å²) in [5.74, 6) is 1.05. The van der Waals surface area contributed by atoms with E-state index in [1.54, 1.807) is 31.4 Å². The molecule has 0 aliphatic carbocycles. The monoisotopic (exact) mass is 362 g/mol. The molecule has 0 atom stereocenters. The molecule has 1 heterocycles. The van der Waals surface area contributed by atoms with E-state index in [2.05, 4.69) is 15.3 Å². The minimum Gasteiger partial charge on any atom is -0.495 e. The van der Waals surface area contributed by atoms with Crippen LogP contribution in [-0.4, -0.2) is 41.0 Å². The Labute approximate surface area is 153 Å². The highest BCUT2D eigenvalue weighted by Gasteiger charge is 2.16. The van der Waals surface area contributed by atoms with Crippen LogP contribution in [0.25, 0.3) is 0 Å². The summed E-state index contributed by atoms with van der Waals surface area (Å²) in [6.45, 7) is 5.52. The SMILES string of the molecule is CCCN(CCC)C(=O)c1cc(Nc2cc(Cl)ccc2OC)ncn1. The molecule has 7 heteroatoms. The van der Waals surface area contributed by atoms with Gasteiger partial charge in [0.05, 0.1) is 12.8 Å². The van der Waals surface area contributed by atoms with E-state index in [0.29, 0.717) is 41.1 Å². The lowest BCUT2D eigenvalue weighted by Crippen LogP contribution is -2.33. The van der Waals surface area contributed by atoms with Crippen LogP contribution in [0.4, 0.5) is 11.5 Å². The molecule has 2 aromatic rings. The van der Waals surface area contributed by atoms with Gasteiger partial charge in [-0.05, 0) is 31.0 Å². The van der Waals surface area contributed by atoms with Crippen LogP contribution in [-0.2, 0) is 0 Å². The van der Waals surface area contributed by atoms with E-state index < -0.39 is 0 Å². The number of halogens is 1. The summed E-state index contributed by atoms with van der Waals surface area (Å²) in [6, 6.07) is 6.89. The van der Waals surface area contributed by atoms with E-state index in [0.717, 1.165) is 12.8 Å². The van der Waals surface area contributed by atoms with E-state index in [1.807, 2.05) is 18.7 Å². The van der Waals surface area contributed by atoms with Crippen LogP contribution in [0, 0.1) is 0 Å². The maximum atomic E-state index is 12.7. The molecule has 134 valence electrons. The van der Waals surface area contributed by atoms with Crippen LogP contribution in [0.5, 0.6) is 5.75 Å². The molecule has 0 fully saturated rings. The van der Waals surface area contributed by atoms with E-state index in [1.165, 1.54) is 6.33 Å². The van der Waals surface area contributed by atoms with E-state index >= 15 is 0 Å². The fourth-order valence-corrected chi connectivity index (χ4v) is 2.65. The van der Waals surface area contributed by atoms with Crippen LogP contribution in [0.3, 0.4) is 0 Å². The molecule has 0 unspecified atom stereocenters. The number of rotatable bonds is 8. The largest absolute Gasteiger partial charge is 0.495 e.